The van der Waals surface area contributed by atoms with E-state index in [2.05, 4.69) is 17.2 Å². The van der Waals surface area contributed by atoms with E-state index in [0.29, 0.717) is 6.54 Å². The van der Waals surface area contributed by atoms with Gasteiger partial charge in [0.05, 0.1) is 6.04 Å². The molecule has 17 heavy (non-hydrogen) atoms. The van der Waals surface area contributed by atoms with E-state index in [1.165, 1.54) is 6.07 Å². The summed E-state index contributed by atoms with van der Waals surface area (Å²) in [7, 11) is 0. The van der Waals surface area contributed by atoms with Crippen LogP contribution < -0.4 is 5.32 Å². The van der Waals surface area contributed by atoms with Gasteiger partial charge in [-0.2, -0.15) is 0 Å². The van der Waals surface area contributed by atoms with Crippen molar-refractivity contribution in [1.82, 2.24) is 10.3 Å². The third kappa shape index (κ3) is 3.35. The van der Waals surface area contributed by atoms with Gasteiger partial charge in [-0.25, -0.2) is 9.37 Å². The molecule has 0 saturated carbocycles. The van der Waals surface area contributed by atoms with Crippen LogP contribution in [-0.4, -0.2) is 4.98 Å². The summed E-state index contributed by atoms with van der Waals surface area (Å²) in [5, 5.41) is 6.44. The largest absolute Gasteiger partial charge is 0.304 e. The lowest BCUT2D eigenvalue weighted by Crippen LogP contribution is -2.18. The van der Waals surface area contributed by atoms with E-state index in [1.807, 2.05) is 18.4 Å². The van der Waals surface area contributed by atoms with E-state index >= 15 is 0 Å². The Morgan fingerprint density at radius 2 is 2.29 bits per heavy atom. The van der Waals surface area contributed by atoms with Crippen molar-refractivity contribution in [2.24, 2.45) is 0 Å². The lowest BCUT2D eigenvalue weighted by atomic mass is 10.2. The summed E-state index contributed by atoms with van der Waals surface area (Å²) in [4.78, 5) is 4.42. The Bertz CT molecular complexity index is 496. The predicted molar refractivity (Wildman–Crippen MR) is 68.5 cm³/mol. The van der Waals surface area contributed by atoms with Crippen LogP contribution in [0.2, 0.25) is 0 Å². The molecule has 1 aromatic carbocycles. The van der Waals surface area contributed by atoms with E-state index in [0.717, 1.165) is 16.3 Å². The van der Waals surface area contributed by atoms with Gasteiger partial charge >= 0.3 is 0 Å². The summed E-state index contributed by atoms with van der Waals surface area (Å²) in [6, 6.07) is 6.83. The predicted octanol–water partition coefficient (Wildman–Crippen LogP) is 3.44. The minimum Gasteiger partial charge on any atom is -0.304 e. The molecular weight excluding hydrogens is 235 g/mol. The van der Waals surface area contributed by atoms with Gasteiger partial charge in [-0.3, -0.25) is 0 Å². The maximum atomic E-state index is 13.0. The number of benzene rings is 1. The van der Waals surface area contributed by atoms with Crippen molar-refractivity contribution >= 4 is 11.3 Å². The zero-order valence-electron chi connectivity index (χ0n) is 9.90. The van der Waals surface area contributed by atoms with E-state index < -0.39 is 0 Å². The second-order valence-electron chi connectivity index (χ2n) is 4.06. The molecule has 0 saturated heterocycles. The molecule has 2 aromatic rings. The lowest BCUT2D eigenvalue weighted by Gasteiger charge is -2.11. The van der Waals surface area contributed by atoms with Crippen molar-refractivity contribution in [2.45, 2.75) is 26.4 Å². The SMILES string of the molecule is Cc1csc(C(C)NCc2cccc(F)c2)n1. The Morgan fingerprint density at radius 3 is 2.94 bits per heavy atom. The van der Waals surface area contributed by atoms with Crippen LogP contribution in [0.1, 0.15) is 29.2 Å². The second-order valence-corrected chi connectivity index (χ2v) is 4.95. The first-order valence-corrected chi connectivity index (χ1v) is 6.43. The van der Waals surface area contributed by atoms with E-state index in [9.17, 15) is 4.39 Å². The number of aryl methyl sites for hydroxylation is 1. The monoisotopic (exact) mass is 250 g/mol. The molecule has 2 nitrogen and oxygen atoms in total. The van der Waals surface area contributed by atoms with Gasteiger partial charge in [0.2, 0.25) is 0 Å². The molecule has 0 fully saturated rings. The minimum atomic E-state index is -0.193. The summed E-state index contributed by atoms with van der Waals surface area (Å²) in [6.07, 6.45) is 0. The molecule has 0 spiro atoms. The summed E-state index contributed by atoms with van der Waals surface area (Å²) < 4.78 is 13.0. The first-order valence-electron chi connectivity index (χ1n) is 5.55. The lowest BCUT2D eigenvalue weighted by molar-refractivity contribution is 0.566. The van der Waals surface area contributed by atoms with Gasteiger partial charge in [-0.15, -0.1) is 11.3 Å². The Labute approximate surface area is 105 Å². The molecule has 1 heterocycles. The zero-order valence-corrected chi connectivity index (χ0v) is 10.7. The number of hydrogen-bond acceptors (Lipinski definition) is 3. The van der Waals surface area contributed by atoms with Crippen molar-refractivity contribution in [2.75, 3.05) is 0 Å². The molecule has 0 aliphatic rings. The highest BCUT2D eigenvalue weighted by Gasteiger charge is 2.08. The average molecular weight is 250 g/mol. The summed E-state index contributed by atoms with van der Waals surface area (Å²) in [5.74, 6) is -0.193. The van der Waals surface area contributed by atoms with Gasteiger partial charge in [-0.1, -0.05) is 12.1 Å². The van der Waals surface area contributed by atoms with Crippen LogP contribution in [0, 0.1) is 12.7 Å². The van der Waals surface area contributed by atoms with Crippen LogP contribution in [0.4, 0.5) is 4.39 Å². The summed E-state index contributed by atoms with van der Waals surface area (Å²) >= 11 is 1.65. The Hall–Kier alpha value is -1.26. The molecule has 0 aliphatic heterocycles. The molecule has 1 unspecified atom stereocenters. The number of thiazole rings is 1. The van der Waals surface area contributed by atoms with E-state index in [-0.39, 0.29) is 11.9 Å². The molecule has 1 aromatic heterocycles. The van der Waals surface area contributed by atoms with Gasteiger partial charge in [0, 0.05) is 17.6 Å². The van der Waals surface area contributed by atoms with Gasteiger partial charge in [0.1, 0.15) is 10.8 Å². The normalized spacial score (nSPS) is 12.6. The molecule has 0 aliphatic carbocycles. The average Bonchev–Trinajstić information content (AvgIpc) is 2.73. The molecule has 4 heteroatoms. The van der Waals surface area contributed by atoms with Gasteiger partial charge < -0.3 is 5.32 Å². The molecule has 1 atom stereocenters. The highest BCUT2D eigenvalue weighted by atomic mass is 32.1. The number of nitrogens with zero attached hydrogens (tertiary/aromatic N) is 1. The van der Waals surface area contributed by atoms with Crippen LogP contribution >= 0.6 is 11.3 Å². The van der Waals surface area contributed by atoms with Crippen molar-refractivity contribution in [1.29, 1.82) is 0 Å². The third-order valence-electron chi connectivity index (χ3n) is 2.51. The van der Waals surface area contributed by atoms with Crippen molar-refractivity contribution < 1.29 is 4.39 Å². The summed E-state index contributed by atoms with van der Waals surface area (Å²) in [6.45, 7) is 4.70. The number of halogens is 1. The molecular formula is C13H15FN2S. The van der Waals surface area contributed by atoms with Crippen LogP contribution in [0.25, 0.3) is 0 Å². The first-order chi connectivity index (χ1) is 8.15. The topological polar surface area (TPSA) is 24.9 Å². The fourth-order valence-electron chi connectivity index (χ4n) is 1.58. The maximum absolute atomic E-state index is 13.0. The Morgan fingerprint density at radius 1 is 1.47 bits per heavy atom. The number of aromatic nitrogens is 1. The summed E-state index contributed by atoms with van der Waals surface area (Å²) in [5.41, 5.74) is 1.99. The zero-order chi connectivity index (χ0) is 12.3. The van der Waals surface area contributed by atoms with E-state index in [4.69, 9.17) is 0 Å². The standard InChI is InChI=1S/C13H15FN2S/c1-9-8-17-13(16-9)10(2)15-7-11-4-3-5-12(14)6-11/h3-6,8,10,15H,7H2,1-2H3. The molecule has 0 radical (unpaired) electrons. The molecule has 2 rings (SSSR count). The van der Waals surface area contributed by atoms with E-state index in [1.54, 1.807) is 23.5 Å². The highest BCUT2D eigenvalue weighted by Crippen LogP contribution is 2.17. The Balaban J connectivity index is 1.94. The van der Waals surface area contributed by atoms with Crippen LogP contribution in [0.15, 0.2) is 29.6 Å². The smallest absolute Gasteiger partial charge is 0.123 e. The first kappa shape index (κ1) is 12.2. The minimum absolute atomic E-state index is 0.192. The number of rotatable bonds is 4. The fourth-order valence-corrected chi connectivity index (χ4v) is 2.40. The van der Waals surface area contributed by atoms with Gasteiger partial charge in [0.25, 0.3) is 0 Å². The second kappa shape index (κ2) is 5.38. The molecule has 0 bridgehead atoms. The molecule has 0 amide bonds. The van der Waals surface area contributed by atoms with Gasteiger partial charge in [-0.05, 0) is 31.5 Å². The quantitative estimate of drug-likeness (QED) is 0.899. The fraction of sp³-hybridized carbons (Fsp3) is 0.308. The number of hydrogen-bond donors (Lipinski definition) is 1. The van der Waals surface area contributed by atoms with Crippen molar-refractivity contribution in [3.05, 3.63) is 51.7 Å². The highest BCUT2D eigenvalue weighted by molar-refractivity contribution is 7.09. The third-order valence-corrected chi connectivity index (χ3v) is 3.65. The van der Waals surface area contributed by atoms with Crippen LogP contribution in [-0.2, 0) is 6.54 Å². The molecule has 90 valence electrons. The number of nitrogens with one attached hydrogen (secondary N) is 1. The van der Waals surface area contributed by atoms with Crippen LogP contribution in [0.5, 0.6) is 0 Å². The maximum Gasteiger partial charge on any atom is 0.123 e. The van der Waals surface area contributed by atoms with Crippen molar-refractivity contribution in [3.8, 4) is 0 Å². The van der Waals surface area contributed by atoms with Crippen molar-refractivity contribution in [3.63, 3.8) is 0 Å². The van der Waals surface area contributed by atoms with Gasteiger partial charge in [0.15, 0.2) is 0 Å². The van der Waals surface area contributed by atoms with Crippen LogP contribution in [0.3, 0.4) is 0 Å². The Kier molecular flexibility index (Phi) is 3.86. The molecule has 1 N–H and O–H groups in total.